The Morgan fingerprint density at radius 3 is 1.14 bits per heavy atom. The molecular formula is C3H6Cl2CoO. The van der Waals surface area contributed by atoms with E-state index in [1.165, 1.54) is 13.8 Å². The monoisotopic (exact) mass is 187 g/mol. The SMILES string of the molecule is CC(C)=O.[Cl-].[Cl-].[Co+2]. The van der Waals surface area contributed by atoms with Gasteiger partial charge in [0.1, 0.15) is 5.78 Å². The molecule has 0 aliphatic heterocycles. The Labute approximate surface area is 66.3 Å². The van der Waals surface area contributed by atoms with Gasteiger partial charge in [-0.25, -0.2) is 0 Å². The van der Waals surface area contributed by atoms with E-state index in [-0.39, 0.29) is 47.4 Å². The molecule has 47 valence electrons. The van der Waals surface area contributed by atoms with Crippen molar-refractivity contribution in [3.05, 3.63) is 0 Å². The molecule has 4 heteroatoms. The minimum absolute atomic E-state index is 0. The molecule has 0 rings (SSSR count). The molecule has 0 aliphatic rings. The Morgan fingerprint density at radius 1 is 1.14 bits per heavy atom. The molecule has 0 saturated heterocycles. The summed E-state index contributed by atoms with van der Waals surface area (Å²) in [5.41, 5.74) is 0. The first-order chi connectivity index (χ1) is 1.73. The molecule has 7 heavy (non-hydrogen) atoms. The van der Waals surface area contributed by atoms with E-state index in [0.29, 0.717) is 0 Å². The van der Waals surface area contributed by atoms with Crippen LogP contribution in [0.2, 0.25) is 0 Å². The topological polar surface area (TPSA) is 17.1 Å². The normalized spacial score (nSPS) is 3.71. The predicted molar refractivity (Wildman–Crippen MR) is 16.4 cm³/mol. The molecule has 0 unspecified atom stereocenters. The van der Waals surface area contributed by atoms with Crippen molar-refractivity contribution in [3.8, 4) is 0 Å². The maximum absolute atomic E-state index is 9.44. The molecule has 1 radical (unpaired) electrons. The zero-order valence-corrected chi connectivity index (χ0v) is 6.55. The molecule has 0 saturated carbocycles. The van der Waals surface area contributed by atoms with Gasteiger partial charge in [0.05, 0.1) is 0 Å². The molecule has 0 amide bonds. The van der Waals surface area contributed by atoms with Crippen molar-refractivity contribution in [1.29, 1.82) is 0 Å². The zero-order valence-electron chi connectivity index (χ0n) is 4.00. The number of Topliss-reactive ketones (excluding diaryl/α,β-unsaturated/α-hetero) is 1. The fourth-order valence-corrected chi connectivity index (χ4v) is 0. The molecule has 0 atom stereocenters. The van der Waals surface area contributed by atoms with E-state index in [2.05, 4.69) is 0 Å². The molecule has 0 heterocycles. The summed E-state index contributed by atoms with van der Waals surface area (Å²) in [6.07, 6.45) is 0. The molecule has 0 aromatic heterocycles. The van der Waals surface area contributed by atoms with E-state index in [1.807, 2.05) is 0 Å². The van der Waals surface area contributed by atoms with Crippen molar-refractivity contribution >= 4 is 5.78 Å². The van der Waals surface area contributed by atoms with E-state index in [1.54, 1.807) is 0 Å². The van der Waals surface area contributed by atoms with Crippen LogP contribution in [0.4, 0.5) is 0 Å². The van der Waals surface area contributed by atoms with Gasteiger partial charge in [0.25, 0.3) is 0 Å². The number of halogens is 2. The average molecular weight is 188 g/mol. The van der Waals surface area contributed by atoms with E-state index >= 15 is 0 Å². The Kier molecular flexibility index (Phi) is 56.9. The third-order valence-electron chi connectivity index (χ3n) is 0. The van der Waals surface area contributed by atoms with Gasteiger partial charge in [-0.15, -0.1) is 0 Å². The van der Waals surface area contributed by atoms with Gasteiger partial charge < -0.3 is 29.6 Å². The summed E-state index contributed by atoms with van der Waals surface area (Å²) in [5, 5.41) is 0. The molecule has 0 fully saturated rings. The number of hydrogen-bond donors (Lipinski definition) is 0. The standard InChI is InChI=1S/C3H6O.2ClH.Co/c1-3(2)4;;;/h1-2H3;2*1H;/q;;;+2/p-2. The Hall–Kier alpha value is 0.756. The van der Waals surface area contributed by atoms with Crippen molar-refractivity contribution in [2.75, 3.05) is 0 Å². The summed E-state index contributed by atoms with van der Waals surface area (Å²) in [7, 11) is 0. The van der Waals surface area contributed by atoms with Crippen molar-refractivity contribution in [1.82, 2.24) is 0 Å². The number of carbonyl (C=O) groups is 1. The summed E-state index contributed by atoms with van der Waals surface area (Å²) >= 11 is 0. The second kappa shape index (κ2) is 15.9. The van der Waals surface area contributed by atoms with Crippen LogP contribution in [0.3, 0.4) is 0 Å². The maximum Gasteiger partial charge on any atom is 2.00 e. The van der Waals surface area contributed by atoms with Gasteiger partial charge in [0, 0.05) is 0 Å². The number of carbonyl (C=O) groups excluding carboxylic acids is 1. The maximum atomic E-state index is 9.44. The van der Waals surface area contributed by atoms with Gasteiger partial charge in [0.15, 0.2) is 0 Å². The van der Waals surface area contributed by atoms with Crippen LogP contribution in [0.15, 0.2) is 0 Å². The predicted octanol–water partition coefficient (Wildman–Crippen LogP) is -5.40. The Balaban J connectivity index is -0.0000000150. The third kappa shape index (κ3) is 267. The third-order valence-corrected chi connectivity index (χ3v) is 0. The molecule has 0 spiro atoms. The molecule has 0 bridgehead atoms. The first-order valence-corrected chi connectivity index (χ1v) is 1.20. The van der Waals surface area contributed by atoms with Gasteiger partial charge >= 0.3 is 16.8 Å². The Bertz CT molecular complexity index is 35.9. The van der Waals surface area contributed by atoms with Crippen LogP contribution < -0.4 is 24.8 Å². The van der Waals surface area contributed by atoms with E-state index < -0.39 is 0 Å². The minimum atomic E-state index is 0. The van der Waals surface area contributed by atoms with E-state index in [4.69, 9.17) is 0 Å². The second-order valence-corrected chi connectivity index (χ2v) is 0.908. The number of rotatable bonds is 0. The van der Waals surface area contributed by atoms with Gasteiger partial charge in [-0.2, -0.15) is 0 Å². The van der Waals surface area contributed by atoms with Crippen LogP contribution in [0.5, 0.6) is 0 Å². The van der Waals surface area contributed by atoms with E-state index in [9.17, 15) is 4.79 Å². The van der Waals surface area contributed by atoms with Crippen LogP contribution in [0.1, 0.15) is 13.8 Å². The van der Waals surface area contributed by atoms with Gasteiger partial charge in [-0.1, -0.05) is 0 Å². The molecule has 0 N–H and O–H groups in total. The molecule has 0 aromatic carbocycles. The average Bonchev–Trinajstić information content (AvgIpc) is 0.811. The first-order valence-electron chi connectivity index (χ1n) is 1.20. The smallest absolute Gasteiger partial charge is 1.00 e. The summed E-state index contributed by atoms with van der Waals surface area (Å²) in [6.45, 7) is 3.06. The largest absolute Gasteiger partial charge is 2.00 e. The van der Waals surface area contributed by atoms with Crippen molar-refractivity contribution in [3.63, 3.8) is 0 Å². The van der Waals surface area contributed by atoms with Crippen LogP contribution in [-0.4, -0.2) is 5.78 Å². The fraction of sp³-hybridized carbons (Fsp3) is 0.667. The van der Waals surface area contributed by atoms with Gasteiger partial charge in [-0.3, -0.25) is 0 Å². The van der Waals surface area contributed by atoms with Crippen LogP contribution in [0.25, 0.3) is 0 Å². The van der Waals surface area contributed by atoms with Crippen molar-refractivity contribution in [2.24, 2.45) is 0 Å². The number of ketones is 1. The second-order valence-electron chi connectivity index (χ2n) is 0.908. The summed E-state index contributed by atoms with van der Waals surface area (Å²) in [4.78, 5) is 9.44. The van der Waals surface area contributed by atoms with Crippen molar-refractivity contribution in [2.45, 2.75) is 13.8 Å². The van der Waals surface area contributed by atoms with Crippen molar-refractivity contribution < 1.29 is 46.4 Å². The fourth-order valence-electron chi connectivity index (χ4n) is 0. The molecule has 0 aliphatic carbocycles. The minimum Gasteiger partial charge on any atom is -1.00 e. The Morgan fingerprint density at radius 2 is 1.14 bits per heavy atom. The summed E-state index contributed by atoms with van der Waals surface area (Å²) in [6, 6.07) is 0. The molecule has 1 nitrogen and oxygen atoms in total. The number of hydrogen-bond acceptors (Lipinski definition) is 1. The van der Waals surface area contributed by atoms with Crippen LogP contribution >= 0.6 is 0 Å². The quantitative estimate of drug-likeness (QED) is 0.371. The van der Waals surface area contributed by atoms with Gasteiger partial charge in [0.2, 0.25) is 0 Å². The molecular weight excluding hydrogens is 182 g/mol. The summed E-state index contributed by atoms with van der Waals surface area (Å²) in [5.74, 6) is 0.167. The molecule has 0 aromatic rings. The van der Waals surface area contributed by atoms with Gasteiger partial charge in [-0.05, 0) is 13.8 Å². The summed E-state index contributed by atoms with van der Waals surface area (Å²) < 4.78 is 0. The first kappa shape index (κ1) is 25.1. The zero-order chi connectivity index (χ0) is 3.58. The van der Waals surface area contributed by atoms with Crippen LogP contribution in [-0.2, 0) is 21.6 Å². The van der Waals surface area contributed by atoms with Crippen LogP contribution in [0, 0.1) is 0 Å². The van der Waals surface area contributed by atoms with E-state index in [0.717, 1.165) is 0 Å².